The number of carboxylic acid groups (broad SMARTS) is 1. The Morgan fingerprint density at radius 1 is 1.11 bits per heavy atom. The van der Waals surface area contributed by atoms with E-state index < -0.39 is 5.97 Å². The van der Waals surface area contributed by atoms with Crippen LogP contribution in [0.2, 0.25) is 0 Å². The van der Waals surface area contributed by atoms with Gasteiger partial charge in [-0.1, -0.05) is 18.2 Å². The predicted molar refractivity (Wildman–Crippen MR) is 75.8 cm³/mol. The first kappa shape index (κ1) is 11.8. The molecule has 0 aromatic heterocycles. The molecular weight excluding hydrogens is 238 g/mol. The van der Waals surface area contributed by atoms with Crippen molar-refractivity contribution in [3.63, 3.8) is 0 Å². The van der Waals surface area contributed by atoms with Crippen molar-refractivity contribution in [3.05, 3.63) is 53.6 Å². The number of aromatic carboxylic acids is 1. The number of benzene rings is 2. The van der Waals surface area contributed by atoms with Gasteiger partial charge in [0.1, 0.15) is 0 Å². The number of rotatable bonds is 2. The summed E-state index contributed by atoms with van der Waals surface area (Å²) in [4.78, 5) is 13.1. The van der Waals surface area contributed by atoms with Gasteiger partial charge in [0, 0.05) is 19.3 Å². The van der Waals surface area contributed by atoms with Crippen molar-refractivity contribution in [3.8, 4) is 11.1 Å². The highest BCUT2D eigenvalue weighted by molar-refractivity contribution is 5.88. The normalized spacial score (nSPS) is 13.4. The molecule has 3 nitrogen and oxygen atoms in total. The Balaban J connectivity index is 1.96. The largest absolute Gasteiger partial charge is 0.478 e. The Morgan fingerprint density at radius 2 is 1.79 bits per heavy atom. The smallest absolute Gasteiger partial charge is 0.335 e. The maximum absolute atomic E-state index is 10.8. The molecule has 2 aromatic rings. The number of anilines is 1. The summed E-state index contributed by atoms with van der Waals surface area (Å²) in [6, 6.07) is 13.5. The van der Waals surface area contributed by atoms with Crippen LogP contribution < -0.4 is 4.90 Å². The molecule has 96 valence electrons. The standard InChI is InChI=1S/C16H15NO2/c1-17-9-8-14-10-13(6-7-15(14)17)11-2-4-12(5-3-11)16(18)19/h2-7,10H,8-9H2,1H3,(H,18,19). The van der Waals surface area contributed by atoms with Crippen LogP contribution in [-0.2, 0) is 6.42 Å². The van der Waals surface area contributed by atoms with Crippen LogP contribution in [0.25, 0.3) is 11.1 Å². The molecule has 0 saturated heterocycles. The molecule has 3 rings (SSSR count). The van der Waals surface area contributed by atoms with Gasteiger partial charge >= 0.3 is 5.97 Å². The molecule has 0 bridgehead atoms. The van der Waals surface area contributed by atoms with Crippen LogP contribution in [0.1, 0.15) is 15.9 Å². The maximum Gasteiger partial charge on any atom is 0.335 e. The summed E-state index contributed by atoms with van der Waals surface area (Å²) in [5, 5.41) is 8.90. The minimum Gasteiger partial charge on any atom is -0.478 e. The van der Waals surface area contributed by atoms with E-state index in [1.807, 2.05) is 12.1 Å². The number of hydrogen-bond donors (Lipinski definition) is 1. The average molecular weight is 253 g/mol. The van der Waals surface area contributed by atoms with E-state index >= 15 is 0 Å². The van der Waals surface area contributed by atoms with Gasteiger partial charge in [-0.3, -0.25) is 0 Å². The second kappa shape index (κ2) is 4.43. The molecule has 0 aliphatic carbocycles. The molecule has 1 heterocycles. The average Bonchev–Trinajstić information content (AvgIpc) is 2.80. The van der Waals surface area contributed by atoms with Gasteiger partial charge in [-0.25, -0.2) is 4.79 Å². The van der Waals surface area contributed by atoms with Gasteiger partial charge in [0.05, 0.1) is 5.56 Å². The van der Waals surface area contributed by atoms with Crippen LogP contribution in [0.4, 0.5) is 5.69 Å². The zero-order valence-corrected chi connectivity index (χ0v) is 10.8. The topological polar surface area (TPSA) is 40.5 Å². The zero-order valence-electron chi connectivity index (χ0n) is 10.8. The van der Waals surface area contributed by atoms with Crippen LogP contribution in [0.3, 0.4) is 0 Å². The number of fused-ring (bicyclic) bond motifs is 1. The van der Waals surface area contributed by atoms with Crippen LogP contribution in [0.5, 0.6) is 0 Å². The zero-order chi connectivity index (χ0) is 13.4. The van der Waals surface area contributed by atoms with E-state index in [0.29, 0.717) is 5.56 Å². The minimum absolute atomic E-state index is 0.324. The predicted octanol–water partition coefficient (Wildman–Crippen LogP) is 3.04. The monoisotopic (exact) mass is 253 g/mol. The molecule has 1 N–H and O–H groups in total. The van der Waals surface area contributed by atoms with Gasteiger partial charge in [0.25, 0.3) is 0 Å². The fourth-order valence-electron chi connectivity index (χ4n) is 2.55. The van der Waals surface area contributed by atoms with Gasteiger partial charge in [-0.05, 0) is 47.4 Å². The van der Waals surface area contributed by atoms with Gasteiger partial charge in [-0.15, -0.1) is 0 Å². The first-order valence-corrected chi connectivity index (χ1v) is 6.33. The molecule has 0 spiro atoms. The van der Waals surface area contributed by atoms with E-state index in [2.05, 4.69) is 30.1 Å². The number of carboxylic acids is 1. The molecule has 0 unspecified atom stereocenters. The van der Waals surface area contributed by atoms with E-state index in [4.69, 9.17) is 5.11 Å². The summed E-state index contributed by atoms with van der Waals surface area (Å²) in [6.45, 7) is 1.07. The van der Waals surface area contributed by atoms with Gasteiger partial charge in [-0.2, -0.15) is 0 Å². The van der Waals surface area contributed by atoms with E-state index in [9.17, 15) is 4.79 Å². The van der Waals surface area contributed by atoms with Crippen LogP contribution >= 0.6 is 0 Å². The molecule has 1 aliphatic heterocycles. The second-order valence-corrected chi connectivity index (χ2v) is 4.90. The Morgan fingerprint density at radius 3 is 2.47 bits per heavy atom. The molecule has 1 aliphatic rings. The van der Waals surface area contributed by atoms with Crippen LogP contribution in [-0.4, -0.2) is 24.7 Å². The van der Waals surface area contributed by atoms with Crippen molar-refractivity contribution in [2.24, 2.45) is 0 Å². The number of likely N-dealkylation sites (N-methyl/N-ethyl adjacent to an activating group) is 1. The Labute approximate surface area is 112 Å². The molecule has 0 saturated carbocycles. The van der Waals surface area contributed by atoms with E-state index in [1.165, 1.54) is 11.3 Å². The summed E-state index contributed by atoms with van der Waals surface area (Å²) in [5.41, 5.74) is 5.19. The third-order valence-electron chi connectivity index (χ3n) is 3.67. The number of hydrogen-bond acceptors (Lipinski definition) is 2. The van der Waals surface area contributed by atoms with Crippen molar-refractivity contribution in [2.45, 2.75) is 6.42 Å². The first-order valence-electron chi connectivity index (χ1n) is 6.33. The number of nitrogens with zero attached hydrogens (tertiary/aromatic N) is 1. The molecule has 0 atom stereocenters. The van der Waals surface area contributed by atoms with E-state index in [1.54, 1.807) is 12.1 Å². The summed E-state index contributed by atoms with van der Waals surface area (Å²) in [5.74, 6) is -0.887. The molecular formula is C16H15NO2. The van der Waals surface area contributed by atoms with Crippen molar-refractivity contribution in [1.82, 2.24) is 0 Å². The molecule has 19 heavy (non-hydrogen) atoms. The van der Waals surface area contributed by atoms with Crippen LogP contribution in [0, 0.1) is 0 Å². The lowest BCUT2D eigenvalue weighted by Crippen LogP contribution is -2.12. The Kier molecular flexibility index (Phi) is 2.75. The Bertz CT molecular complexity index is 632. The third kappa shape index (κ3) is 2.08. The molecule has 2 aromatic carbocycles. The SMILES string of the molecule is CN1CCc2cc(-c3ccc(C(=O)O)cc3)ccc21. The Hall–Kier alpha value is -2.29. The highest BCUT2D eigenvalue weighted by atomic mass is 16.4. The van der Waals surface area contributed by atoms with Gasteiger partial charge in [0.2, 0.25) is 0 Å². The lowest BCUT2D eigenvalue weighted by Gasteiger charge is -2.12. The minimum atomic E-state index is -0.887. The molecule has 0 amide bonds. The second-order valence-electron chi connectivity index (χ2n) is 4.90. The van der Waals surface area contributed by atoms with Gasteiger partial charge in [0.15, 0.2) is 0 Å². The maximum atomic E-state index is 10.8. The van der Waals surface area contributed by atoms with E-state index in [-0.39, 0.29) is 0 Å². The van der Waals surface area contributed by atoms with Crippen molar-refractivity contribution in [1.29, 1.82) is 0 Å². The van der Waals surface area contributed by atoms with E-state index in [0.717, 1.165) is 24.1 Å². The third-order valence-corrected chi connectivity index (χ3v) is 3.67. The molecule has 3 heteroatoms. The summed E-state index contributed by atoms with van der Waals surface area (Å²) >= 11 is 0. The quantitative estimate of drug-likeness (QED) is 0.894. The summed E-state index contributed by atoms with van der Waals surface area (Å²) < 4.78 is 0. The molecule has 0 fully saturated rings. The van der Waals surface area contributed by atoms with Gasteiger partial charge < -0.3 is 10.0 Å². The summed E-state index contributed by atoms with van der Waals surface area (Å²) in [7, 11) is 2.10. The summed E-state index contributed by atoms with van der Waals surface area (Å²) in [6.07, 6.45) is 1.08. The van der Waals surface area contributed by atoms with Crippen molar-refractivity contribution >= 4 is 11.7 Å². The van der Waals surface area contributed by atoms with Crippen molar-refractivity contribution in [2.75, 3.05) is 18.5 Å². The number of carbonyl (C=O) groups is 1. The fraction of sp³-hybridized carbons (Fsp3) is 0.188. The highest BCUT2D eigenvalue weighted by Crippen LogP contribution is 2.31. The van der Waals surface area contributed by atoms with Crippen molar-refractivity contribution < 1.29 is 9.90 Å². The highest BCUT2D eigenvalue weighted by Gasteiger charge is 2.15. The van der Waals surface area contributed by atoms with Crippen LogP contribution in [0.15, 0.2) is 42.5 Å². The lowest BCUT2D eigenvalue weighted by molar-refractivity contribution is 0.0697. The molecule has 0 radical (unpaired) electrons. The fourth-order valence-corrected chi connectivity index (χ4v) is 2.55. The lowest BCUT2D eigenvalue weighted by atomic mass is 10.0. The first-order chi connectivity index (χ1) is 9.15.